The average Bonchev–Trinajstić information content (AvgIpc) is 2.26. The van der Waals surface area contributed by atoms with Gasteiger partial charge in [0.1, 0.15) is 23.6 Å². The Balaban J connectivity index is 2.30. The second-order valence-electron chi connectivity index (χ2n) is 4.92. The topological polar surface area (TPSA) is 20.2 Å². The van der Waals surface area contributed by atoms with Crippen molar-refractivity contribution < 1.29 is 18.3 Å². The molecule has 1 aromatic carbocycles. The van der Waals surface area contributed by atoms with Gasteiger partial charge in [0.05, 0.1) is 5.56 Å². The molecule has 0 aliphatic heterocycles. The zero-order valence-corrected chi connectivity index (χ0v) is 10.6. The second-order valence-corrected chi connectivity index (χ2v) is 4.92. The molecule has 0 amide bonds. The van der Waals surface area contributed by atoms with Crippen LogP contribution in [0, 0.1) is 17.5 Å². The van der Waals surface area contributed by atoms with Gasteiger partial charge in [-0.15, -0.1) is 0 Å². The predicted molar refractivity (Wildman–Crippen MR) is 67.1 cm³/mol. The summed E-state index contributed by atoms with van der Waals surface area (Å²) < 4.78 is 40.1. The van der Waals surface area contributed by atoms with Crippen LogP contribution in [0.2, 0.25) is 0 Å². The monoisotopic (exact) mass is 270 g/mol. The molecule has 0 radical (unpaired) electrons. The van der Waals surface area contributed by atoms with Crippen molar-refractivity contribution in [1.82, 2.24) is 0 Å². The van der Waals surface area contributed by atoms with Crippen molar-refractivity contribution in [3.8, 4) is 0 Å². The van der Waals surface area contributed by atoms with Gasteiger partial charge in [-0.05, 0) is 31.3 Å². The number of allylic oxidation sites excluding steroid dienone is 1. The summed E-state index contributed by atoms with van der Waals surface area (Å²) in [6.07, 6.45) is 6.06. The lowest BCUT2D eigenvalue weighted by atomic mass is 9.92. The van der Waals surface area contributed by atoms with Crippen LogP contribution in [0.15, 0.2) is 23.8 Å². The molecular formula is C15H17F3O. The minimum Gasteiger partial charge on any atom is -0.384 e. The van der Waals surface area contributed by atoms with Crippen LogP contribution in [0.5, 0.6) is 0 Å². The van der Waals surface area contributed by atoms with E-state index in [2.05, 4.69) is 0 Å². The molecule has 104 valence electrons. The summed E-state index contributed by atoms with van der Waals surface area (Å²) in [7, 11) is 0. The molecule has 1 aliphatic rings. The van der Waals surface area contributed by atoms with Crippen LogP contribution in [0.25, 0.3) is 0 Å². The lowest BCUT2D eigenvalue weighted by molar-refractivity contribution is 0.198. The molecule has 19 heavy (non-hydrogen) atoms. The number of hydrogen-bond donors (Lipinski definition) is 1. The summed E-state index contributed by atoms with van der Waals surface area (Å²) >= 11 is 0. The Morgan fingerprint density at radius 1 is 0.947 bits per heavy atom. The van der Waals surface area contributed by atoms with Crippen LogP contribution in [0.4, 0.5) is 13.2 Å². The van der Waals surface area contributed by atoms with Gasteiger partial charge >= 0.3 is 0 Å². The van der Waals surface area contributed by atoms with Gasteiger partial charge in [-0.2, -0.15) is 0 Å². The summed E-state index contributed by atoms with van der Waals surface area (Å²) in [6, 6.07) is 1.20. The van der Waals surface area contributed by atoms with Gasteiger partial charge in [0.2, 0.25) is 0 Å². The summed E-state index contributed by atoms with van der Waals surface area (Å²) in [5.74, 6) is -3.04. The van der Waals surface area contributed by atoms with Crippen LogP contribution in [-0.4, -0.2) is 5.11 Å². The third-order valence-electron chi connectivity index (χ3n) is 3.49. The Kier molecular flexibility index (Phi) is 4.64. The highest BCUT2D eigenvalue weighted by atomic mass is 19.1. The first-order valence-corrected chi connectivity index (χ1v) is 6.61. The van der Waals surface area contributed by atoms with Crippen molar-refractivity contribution in [2.75, 3.05) is 0 Å². The Hall–Kier alpha value is -1.29. The fourth-order valence-electron chi connectivity index (χ4n) is 2.46. The summed E-state index contributed by atoms with van der Waals surface area (Å²) in [6.45, 7) is 0. The molecule has 0 heterocycles. The first-order valence-electron chi connectivity index (χ1n) is 6.61. The highest BCUT2D eigenvalue weighted by molar-refractivity contribution is 5.29. The number of benzene rings is 1. The third kappa shape index (κ3) is 3.38. The Morgan fingerprint density at radius 2 is 1.58 bits per heavy atom. The zero-order valence-electron chi connectivity index (χ0n) is 10.6. The van der Waals surface area contributed by atoms with Crippen LogP contribution >= 0.6 is 0 Å². The molecule has 0 saturated carbocycles. The van der Waals surface area contributed by atoms with E-state index in [0.717, 1.165) is 32.1 Å². The molecule has 0 aromatic heterocycles. The van der Waals surface area contributed by atoms with Gasteiger partial charge < -0.3 is 5.11 Å². The Labute approximate surface area is 110 Å². The minimum absolute atomic E-state index is 0.451. The first kappa shape index (κ1) is 14.1. The van der Waals surface area contributed by atoms with E-state index in [0.29, 0.717) is 24.1 Å². The molecule has 0 spiro atoms. The lowest BCUT2D eigenvalue weighted by Crippen LogP contribution is -2.09. The van der Waals surface area contributed by atoms with E-state index in [9.17, 15) is 18.3 Å². The molecule has 1 aromatic rings. The van der Waals surface area contributed by atoms with Gasteiger partial charge in [0.25, 0.3) is 0 Å². The van der Waals surface area contributed by atoms with Crippen molar-refractivity contribution in [2.45, 2.75) is 44.6 Å². The zero-order chi connectivity index (χ0) is 13.8. The van der Waals surface area contributed by atoms with Crippen molar-refractivity contribution in [3.05, 3.63) is 46.8 Å². The van der Waals surface area contributed by atoms with Crippen molar-refractivity contribution >= 4 is 0 Å². The SMILES string of the molecule is OC(C1=CCCCCCC1)c1c(F)cc(F)cc1F. The van der Waals surface area contributed by atoms with E-state index < -0.39 is 29.1 Å². The molecule has 4 heteroatoms. The van der Waals surface area contributed by atoms with E-state index in [1.165, 1.54) is 0 Å². The molecule has 0 fully saturated rings. The lowest BCUT2D eigenvalue weighted by Gasteiger charge is -2.19. The molecule has 0 saturated heterocycles. The van der Waals surface area contributed by atoms with Gasteiger partial charge in [-0.1, -0.05) is 18.9 Å². The molecule has 1 N–H and O–H groups in total. The van der Waals surface area contributed by atoms with Gasteiger partial charge in [-0.3, -0.25) is 0 Å². The maximum atomic E-state index is 13.6. The first-order chi connectivity index (χ1) is 9.09. The van der Waals surface area contributed by atoms with Gasteiger partial charge in [-0.25, -0.2) is 13.2 Å². The summed E-state index contributed by atoms with van der Waals surface area (Å²) in [4.78, 5) is 0. The highest BCUT2D eigenvalue weighted by Gasteiger charge is 2.22. The molecule has 1 nitrogen and oxygen atoms in total. The molecule has 0 bridgehead atoms. The van der Waals surface area contributed by atoms with E-state index in [1.54, 1.807) is 0 Å². The Morgan fingerprint density at radius 3 is 2.26 bits per heavy atom. The van der Waals surface area contributed by atoms with E-state index in [-0.39, 0.29) is 0 Å². The fourth-order valence-corrected chi connectivity index (χ4v) is 2.46. The smallest absolute Gasteiger partial charge is 0.135 e. The average molecular weight is 270 g/mol. The number of rotatable bonds is 2. The van der Waals surface area contributed by atoms with Crippen LogP contribution in [0.3, 0.4) is 0 Å². The predicted octanol–water partition coefficient (Wildman–Crippen LogP) is 4.42. The molecular weight excluding hydrogens is 253 g/mol. The maximum absolute atomic E-state index is 13.6. The number of aliphatic hydroxyl groups is 1. The van der Waals surface area contributed by atoms with Crippen molar-refractivity contribution in [2.24, 2.45) is 0 Å². The molecule has 2 rings (SSSR count). The minimum atomic E-state index is -1.32. The Bertz CT molecular complexity index is 459. The number of halogens is 3. The van der Waals surface area contributed by atoms with E-state index >= 15 is 0 Å². The third-order valence-corrected chi connectivity index (χ3v) is 3.49. The van der Waals surface area contributed by atoms with Crippen LogP contribution < -0.4 is 0 Å². The van der Waals surface area contributed by atoms with Crippen molar-refractivity contribution in [1.29, 1.82) is 0 Å². The number of hydrogen-bond acceptors (Lipinski definition) is 1. The fraction of sp³-hybridized carbons (Fsp3) is 0.467. The van der Waals surface area contributed by atoms with Crippen LogP contribution in [-0.2, 0) is 0 Å². The van der Waals surface area contributed by atoms with Crippen molar-refractivity contribution in [3.63, 3.8) is 0 Å². The molecule has 1 aliphatic carbocycles. The number of aliphatic hydroxyl groups excluding tert-OH is 1. The quantitative estimate of drug-likeness (QED) is 0.789. The van der Waals surface area contributed by atoms with E-state index in [4.69, 9.17) is 0 Å². The molecule has 1 unspecified atom stereocenters. The van der Waals surface area contributed by atoms with Gasteiger partial charge in [0, 0.05) is 12.1 Å². The normalized spacial score (nSPS) is 18.4. The second kappa shape index (κ2) is 6.24. The molecule has 1 atom stereocenters. The van der Waals surface area contributed by atoms with Crippen LogP contribution in [0.1, 0.15) is 50.2 Å². The summed E-state index contributed by atoms with van der Waals surface area (Å²) in [5.41, 5.74) is 0.178. The van der Waals surface area contributed by atoms with E-state index in [1.807, 2.05) is 6.08 Å². The van der Waals surface area contributed by atoms with Gasteiger partial charge in [0.15, 0.2) is 0 Å². The standard InChI is InChI=1S/C15H17F3O/c16-11-8-12(17)14(13(18)9-11)15(19)10-6-4-2-1-3-5-7-10/h6,8-9,15,19H,1-5,7H2. The highest BCUT2D eigenvalue weighted by Crippen LogP contribution is 2.32. The summed E-state index contributed by atoms with van der Waals surface area (Å²) in [5, 5.41) is 10.1. The maximum Gasteiger partial charge on any atom is 0.135 e. The largest absolute Gasteiger partial charge is 0.384 e.